The molecule has 0 saturated heterocycles. The maximum Gasteiger partial charge on any atom is 0.269 e. The molecule has 0 spiro atoms. The van der Waals surface area contributed by atoms with Gasteiger partial charge in [0.05, 0.1) is 7.11 Å². The number of hydrogen-bond acceptors (Lipinski definition) is 6. The maximum atomic E-state index is 12.7. The van der Waals surface area contributed by atoms with Crippen LogP contribution >= 0.6 is 0 Å². The number of pyridine rings is 1. The molecule has 1 aliphatic heterocycles. The Labute approximate surface area is 150 Å². The summed E-state index contributed by atoms with van der Waals surface area (Å²) in [5, 5.41) is 2.78. The average Bonchev–Trinajstić information content (AvgIpc) is 2.63. The molecule has 1 aromatic heterocycles. The largest absolute Gasteiger partial charge is 0.497 e. The van der Waals surface area contributed by atoms with Gasteiger partial charge in [-0.3, -0.25) is 14.5 Å². The van der Waals surface area contributed by atoms with Gasteiger partial charge in [0.1, 0.15) is 17.6 Å². The van der Waals surface area contributed by atoms with Crippen LogP contribution in [0.15, 0.2) is 36.4 Å². The Hall–Kier alpha value is -3.29. The van der Waals surface area contributed by atoms with E-state index < -0.39 is 12.1 Å². The summed E-state index contributed by atoms with van der Waals surface area (Å²) in [4.78, 5) is 30.8. The van der Waals surface area contributed by atoms with Gasteiger partial charge in [-0.2, -0.15) is 0 Å². The number of aromatic nitrogens is 1. The van der Waals surface area contributed by atoms with Crippen molar-refractivity contribution in [3.8, 4) is 11.5 Å². The SMILES string of the molecule is COc1ccc(NC(=O)C(C)N2C(=O)C(C)Oc3ccc(N)nc32)cc1. The predicted octanol–water partition coefficient (Wildman–Crippen LogP) is 1.81. The second-order valence-electron chi connectivity index (χ2n) is 5.92. The van der Waals surface area contributed by atoms with Gasteiger partial charge in [0.25, 0.3) is 5.91 Å². The molecule has 3 rings (SSSR count). The first-order valence-corrected chi connectivity index (χ1v) is 8.12. The normalized spacial score (nSPS) is 17.1. The van der Waals surface area contributed by atoms with E-state index in [-0.39, 0.29) is 23.5 Å². The summed E-state index contributed by atoms with van der Waals surface area (Å²) in [6.07, 6.45) is -0.718. The van der Waals surface area contributed by atoms with Gasteiger partial charge in [-0.25, -0.2) is 4.98 Å². The van der Waals surface area contributed by atoms with Crippen molar-refractivity contribution in [2.45, 2.75) is 26.0 Å². The fourth-order valence-electron chi connectivity index (χ4n) is 2.67. The molecule has 2 unspecified atom stereocenters. The summed E-state index contributed by atoms with van der Waals surface area (Å²) >= 11 is 0. The van der Waals surface area contributed by atoms with E-state index >= 15 is 0 Å². The minimum atomic E-state index is -0.802. The molecule has 1 aromatic carbocycles. The van der Waals surface area contributed by atoms with Gasteiger partial charge in [0.15, 0.2) is 17.7 Å². The highest BCUT2D eigenvalue weighted by Crippen LogP contribution is 2.34. The van der Waals surface area contributed by atoms with Gasteiger partial charge in [0, 0.05) is 5.69 Å². The van der Waals surface area contributed by atoms with Crippen LogP contribution in [0.1, 0.15) is 13.8 Å². The Morgan fingerprint density at radius 3 is 2.65 bits per heavy atom. The molecule has 1 aliphatic rings. The molecule has 0 aliphatic carbocycles. The Kier molecular flexibility index (Phi) is 4.66. The van der Waals surface area contributed by atoms with Crippen LogP contribution in [-0.2, 0) is 9.59 Å². The van der Waals surface area contributed by atoms with Gasteiger partial charge in [-0.15, -0.1) is 0 Å². The van der Waals surface area contributed by atoms with Crippen molar-refractivity contribution in [1.82, 2.24) is 4.98 Å². The first kappa shape index (κ1) is 17.5. The zero-order valence-corrected chi connectivity index (χ0v) is 14.7. The molecular formula is C18H20N4O4. The Morgan fingerprint density at radius 1 is 1.31 bits per heavy atom. The molecule has 26 heavy (non-hydrogen) atoms. The summed E-state index contributed by atoms with van der Waals surface area (Å²) in [7, 11) is 1.57. The third-order valence-corrected chi connectivity index (χ3v) is 4.10. The number of carbonyl (C=O) groups is 2. The van der Waals surface area contributed by atoms with Crippen LogP contribution < -0.4 is 25.4 Å². The van der Waals surface area contributed by atoms with Gasteiger partial charge in [0.2, 0.25) is 5.91 Å². The lowest BCUT2D eigenvalue weighted by molar-refractivity contribution is -0.128. The number of ether oxygens (including phenoxy) is 2. The summed E-state index contributed by atoms with van der Waals surface area (Å²) in [6.45, 7) is 3.26. The van der Waals surface area contributed by atoms with Crippen LogP contribution in [0.4, 0.5) is 17.3 Å². The monoisotopic (exact) mass is 356 g/mol. The summed E-state index contributed by atoms with van der Waals surface area (Å²) < 4.78 is 10.6. The first-order valence-electron chi connectivity index (χ1n) is 8.12. The number of nitrogens with one attached hydrogen (secondary N) is 1. The number of nitrogen functional groups attached to an aromatic ring is 1. The molecule has 0 saturated carbocycles. The van der Waals surface area contributed by atoms with Crippen LogP contribution in [0.3, 0.4) is 0 Å². The highest BCUT2D eigenvalue weighted by atomic mass is 16.5. The molecule has 3 N–H and O–H groups in total. The highest BCUT2D eigenvalue weighted by Gasteiger charge is 2.38. The number of anilines is 3. The van der Waals surface area contributed by atoms with Crippen LogP contribution in [-0.4, -0.2) is 36.1 Å². The molecule has 2 aromatic rings. The second-order valence-corrected chi connectivity index (χ2v) is 5.92. The van der Waals surface area contributed by atoms with Crippen molar-refractivity contribution >= 4 is 29.1 Å². The fraction of sp³-hybridized carbons (Fsp3) is 0.278. The Balaban J connectivity index is 1.85. The van der Waals surface area contributed by atoms with Crippen molar-refractivity contribution in [3.05, 3.63) is 36.4 Å². The molecule has 136 valence electrons. The topological polar surface area (TPSA) is 107 Å². The number of benzene rings is 1. The Bertz CT molecular complexity index is 838. The maximum absolute atomic E-state index is 12.7. The zero-order valence-electron chi connectivity index (χ0n) is 14.7. The number of carbonyl (C=O) groups excluding carboxylic acids is 2. The fourth-order valence-corrected chi connectivity index (χ4v) is 2.67. The molecule has 0 bridgehead atoms. The zero-order chi connectivity index (χ0) is 18.8. The summed E-state index contributed by atoms with van der Waals surface area (Å²) in [6, 6.07) is 9.33. The average molecular weight is 356 g/mol. The molecule has 2 atom stereocenters. The number of nitrogens with two attached hydrogens (primary N) is 1. The molecule has 0 fully saturated rings. The van der Waals surface area contributed by atoms with Gasteiger partial charge >= 0.3 is 0 Å². The molecular weight excluding hydrogens is 336 g/mol. The Morgan fingerprint density at radius 2 is 2.00 bits per heavy atom. The first-order chi connectivity index (χ1) is 12.4. The van der Waals surface area contributed by atoms with Crippen LogP contribution in [0.25, 0.3) is 0 Å². The molecule has 0 radical (unpaired) electrons. The van der Waals surface area contributed by atoms with E-state index in [0.717, 1.165) is 0 Å². The van der Waals surface area contributed by atoms with E-state index in [1.54, 1.807) is 57.4 Å². The van der Waals surface area contributed by atoms with Gasteiger partial charge in [-0.1, -0.05) is 0 Å². The minimum absolute atomic E-state index is 0.238. The van der Waals surface area contributed by atoms with E-state index in [9.17, 15) is 9.59 Å². The molecule has 2 heterocycles. The lowest BCUT2D eigenvalue weighted by Crippen LogP contribution is -2.53. The second kappa shape index (κ2) is 6.91. The summed E-state index contributed by atoms with van der Waals surface area (Å²) in [5.41, 5.74) is 6.33. The summed E-state index contributed by atoms with van der Waals surface area (Å²) in [5.74, 6) is 0.867. The van der Waals surface area contributed by atoms with E-state index in [4.69, 9.17) is 15.2 Å². The van der Waals surface area contributed by atoms with Crippen LogP contribution in [0.2, 0.25) is 0 Å². The number of rotatable bonds is 4. The van der Waals surface area contributed by atoms with Crippen LogP contribution in [0, 0.1) is 0 Å². The lowest BCUT2D eigenvalue weighted by atomic mass is 10.1. The number of fused-ring (bicyclic) bond motifs is 1. The van der Waals surface area contributed by atoms with Crippen molar-refractivity contribution < 1.29 is 19.1 Å². The predicted molar refractivity (Wildman–Crippen MR) is 97.3 cm³/mol. The lowest BCUT2D eigenvalue weighted by Gasteiger charge is -2.35. The smallest absolute Gasteiger partial charge is 0.269 e. The number of amides is 2. The minimum Gasteiger partial charge on any atom is -0.497 e. The van der Waals surface area contributed by atoms with Crippen LogP contribution in [0.5, 0.6) is 11.5 Å². The van der Waals surface area contributed by atoms with Gasteiger partial charge < -0.3 is 20.5 Å². The van der Waals surface area contributed by atoms with Crippen molar-refractivity contribution in [2.24, 2.45) is 0 Å². The third-order valence-electron chi connectivity index (χ3n) is 4.10. The van der Waals surface area contributed by atoms with E-state index in [2.05, 4.69) is 10.3 Å². The third kappa shape index (κ3) is 3.26. The molecule has 8 nitrogen and oxygen atoms in total. The standard InChI is InChI=1S/C18H20N4O4/c1-10(17(23)20-12-4-6-13(25-3)7-5-12)22-16-14(8-9-15(19)21-16)26-11(2)18(22)24/h4-11H,1-3H3,(H2,19,21)(H,20,23). The van der Waals surface area contributed by atoms with Gasteiger partial charge in [-0.05, 0) is 50.2 Å². The van der Waals surface area contributed by atoms with Crippen molar-refractivity contribution in [3.63, 3.8) is 0 Å². The van der Waals surface area contributed by atoms with Crippen molar-refractivity contribution in [1.29, 1.82) is 0 Å². The van der Waals surface area contributed by atoms with E-state index in [1.165, 1.54) is 4.90 Å². The number of methoxy groups -OCH3 is 1. The number of hydrogen-bond donors (Lipinski definition) is 2. The van der Waals surface area contributed by atoms with E-state index in [0.29, 0.717) is 17.2 Å². The van der Waals surface area contributed by atoms with Crippen molar-refractivity contribution in [2.75, 3.05) is 23.1 Å². The van der Waals surface area contributed by atoms with E-state index in [1.807, 2.05) is 0 Å². The number of nitrogens with zero attached hydrogens (tertiary/aromatic N) is 2. The highest BCUT2D eigenvalue weighted by molar-refractivity contribution is 6.07. The molecule has 2 amide bonds. The quantitative estimate of drug-likeness (QED) is 0.865. The molecule has 8 heteroatoms.